The van der Waals surface area contributed by atoms with Crippen LogP contribution in [0.1, 0.15) is 68.4 Å². The Morgan fingerprint density at radius 1 is 0.900 bits per heavy atom. The number of aliphatic imine (C=N–C) groups is 1. The molecule has 0 heterocycles. The molecule has 0 bridgehead atoms. The fraction of sp³-hybridized carbons (Fsp3) is 0.393. The van der Waals surface area contributed by atoms with Crippen molar-refractivity contribution in [2.75, 3.05) is 13.1 Å². The Kier molecular flexibility index (Phi) is 8.65. The van der Waals surface area contributed by atoms with Gasteiger partial charge in [-0.1, -0.05) is 68.5 Å². The van der Waals surface area contributed by atoms with E-state index in [-0.39, 0.29) is 0 Å². The van der Waals surface area contributed by atoms with Gasteiger partial charge in [-0.25, -0.2) is 0 Å². The van der Waals surface area contributed by atoms with Crippen LogP contribution < -0.4 is 0 Å². The SMILES string of the molecule is C=C(N=C(C)/C(=C(\C)c1cccc(C)c1)N(CCC)CCC)c1c(C)cccc1C. The standard InChI is InChI=1S/C28H38N2/c1-9-17-30(18-10-2)28(23(6)26-16-11-13-20(3)19-26)25(8)29-24(7)27-21(4)14-12-15-22(27)5/h11-16,19H,7,9-10,17-18H2,1-6,8H3/b28-23-,29-25?. The molecule has 0 aliphatic rings. The second-order valence-electron chi connectivity index (χ2n) is 8.24. The molecule has 0 spiro atoms. The second-order valence-corrected chi connectivity index (χ2v) is 8.24. The molecule has 0 fully saturated rings. The van der Waals surface area contributed by atoms with Gasteiger partial charge in [0.1, 0.15) is 0 Å². The maximum absolute atomic E-state index is 5.05. The van der Waals surface area contributed by atoms with Crippen LogP contribution in [-0.2, 0) is 0 Å². The summed E-state index contributed by atoms with van der Waals surface area (Å²) in [6.07, 6.45) is 2.21. The molecule has 0 aliphatic carbocycles. The van der Waals surface area contributed by atoms with Crippen LogP contribution >= 0.6 is 0 Å². The van der Waals surface area contributed by atoms with E-state index in [9.17, 15) is 0 Å². The van der Waals surface area contributed by atoms with Crippen LogP contribution in [0.25, 0.3) is 11.3 Å². The molecule has 0 saturated heterocycles. The fourth-order valence-electron chi connectivity index (χ4n) is 4.21. The van der Waals surface area contributed by atoms with E-state index in [2.05, 4.69) is 102 Å². The first-order valence-electron chi connectivity index (χ1n) is 11.1. The van der Waals surface area contributed by atoms with Crippen molar-refractivity contribution in [2.45, 2.75) is 61.3 Å². The van der Waals surface area contributed by atoms with Gasteiger partial charge in [-0.15, -0.1) is 0 Å². The number of allylic oxidation sites excluding steroid dienone is 2. The molecule has 0 aromatic heterocycles. The lowest BCUT2D eigenvalue weighted by Gasteiger charge is -2.29. The Morgan fingerprint density at radius 2 is 1.47 bits per heavy atom. The molecule has 2 aromatic rings. The van der Waals surface area contributed by atoms with Gasteiger partial charge in [-0.3, -0.25) is 4.99 Å². The van der Waals surface area contributed by atoms with Crippen molar-refractivity contribution in [2.24, 2.45) is 4.99 Å². The maximum Gasteiger partial charge on any atom is 0.0639 e. The van der Waals surface area contributed by atoms with Crippen LogP contribution in [0.3, 0.4) is 0 Å². The predicted octanol–water partition coefficient (Wildman–Crippen LogP) is 7.60. The Bertz CT molecular complexity index is 921. The van der Waals surface area contributed by atoms with Crippen LogP contribution in [0, 0.1) is 20.8 Å². The maximum atomic E-state index is 5.05. The average Bonchev–Trinajstić information content (AvgIpc) is 2.68. The van der Waals surface area contributed by atoms with Crippen molar-refractivity contribution in [3.63, 3.8) is 0 Å². The summed E-state index contributed by atoms with van der Waals surface area (Å²) in [7, 11) is 0. The van der Waals surface area contributed by atoms with E-state index >= 15 is 0 Å². The van der Waals surface area contributed by atoms with Gasteiger partial charge in [0.05, 0.1) is 17.1 Å². The van der Waals surface area contributed by atoms with Gasteiger partial charge in [0.2, 0.25) is 0 Å². The summed E-state index contributed by atoms with van der Waals surface area (Å²) >= 11 is 0. The number of benzene rings is 2. The molecule has 30 heavy (non-hydrogen) atoms. The Labute approximate surface area is 184 Å². The lowest BCUT2D eigenvalue weighted by Crippen LogP contribution is -2.29. The van der Waals surface area contributed by atoms with Gasteiger partial charge >= 0.3 is 0 Å². The predicted molar refractivity (Wildman–Crippen MR) is 134 cm³/mol. The third-order valence-electron chi connectivity index (χ3n) is 5.52. The van der Waals surface area contributed by atoms with Crippen LogP contribution in [0.5, 0.6) is 0 Å². The molecule has 2 aromatic carbocycles. The van der Waals surface area contributed by atoms with E-state index < -0.39 is 0 Å². The zero-order valence-corrected chi connectivity index (χ0v) is 20.0. The Hall–Kier alpha value is -2.61. The molecule has 0 aliphatic heterocycles. The molecule has 2 heteroatoms. The lowest BCUT2D eigenvalue weighted by atomic mass is 9.99. The van der Waals surface area contributed by atoms with Gasteiger partial charge in [0.15, 0.2) is 0 Å². The minimum atomic E-state index is 0.839. The summed E-state index contributed by atoms with van der Waals surface area (Å²) in [5, 5.41) is 0. The second kappa shape index (κ2) is 11.0. The molecule has 0 unspecified atom stereocenters. The third-order valence-corrected chi connectivity index (χ3v) is 5.52. The van der Waals surface area contributed by atoms with Crippen molar-refractivity contribution in [3.05, 3.63) is 82.6 Å². The van der Waals surface area contributed by atoms with Crippen LogP contribution in [0.4, 0.5) is 0 Å². The first-order valence-corrected chi connectivity index (χ1v) is 11.1. The third kappa shape index (κ3) is 5.72. The van der Waals surface area contributed by atoms with E-state index in [1.807, 2.05) is 0 Å². The van der Waals surface area contributed by atoms with E-state index in [0.717, 1.165) is 42.9 Å². The van der Waals surface area contributed by atoms with Gasteiger partial charge in [-0.05, 0) is 69.7 Å². The van der Waals surface area contributed by atoms with Crippen molar-refractivity contribution < 1.29 is 0 Å². The molecule has 160 valence electrons. The highest BCUT2D eigenvalue weighted by Crippen LogP contribution is 2.27. The van der Waals surface area contributed by atoms with Crippen molar-refractivity contribution in [1.82, 2.24) is 4.90 Å². The van der Waals surface area contributed by atoms with Gasteiger partial charge in [-0.2, -0.15) is 0 Å². The zero-order chi connectivity index (χ0) is 22.3. The molecule has 0 N–H and O–H groups in total. The minimum Gasteiger partial charge on any atom is -0.370 e. The zero-order valence-electron chi connectivity index (χ0n) is 20.0. The smallest absolute Gasteiger partial charge is 0.0639 e. The fourth-order valence-corrected chi connectivity index (χ4v) is 4.21. The first-order chi connectivity index (χ1) is 14.3. The highest BCUT2D eigenvalue weighted by atomic mass is 15.1. The Balaban J connectivity index is 2.61. The topological polar surface area (TPSA) is 15.6 Å². The number of rotatable bonds is 9. The quantitative estimate of drug-likeness (QED) is 0.394. The van der Waals surface area contributed by atoms with Crippen molar-refractivity contribution >= 4 is 17.0 Å². The monoisotopic (exact) mass is 402 g/mol. The summed E-state index contributed by atoms with van der Waals surface area (Å²) < 4.78 is 0. The summed E-state index contributed by atoms with van der Waals surface area (Å²) in [5.41, 5.74) is 10.5. The van der Waals surface area contributed by atoms with Crippen LogP contribution in [-0.4, -0.2) is 23.7 Å². The molecule has 2 nitrogen and oxygen atoms in total. The molecule has 0 atom stereocenters. The first kappa shape index (κ1) is 23.7. The molecule has 0 amide bonds. The molecular formula is C28H38N2. The van der Waals surface area contributed by atoms with Crippen LogP contribution in [0.2, 0.25) is 0 Å². The van der Waals surface area contributed by atoms with E-state index in [4.69, 9.17) is 4.99 Å². The van der Waals surface area contributed by atoms with Gasteiger partial charge in [0, 0.05) is 18.7 Å². The lowest BCUT2D eigenvalue weighted by molar-refractivity contribution is 0.361. The summed E-state index contributed by atoms with van der Waals surface area (Å²) in [6, 6.07) is 15.1. The molecule has 0 saturated carbocycles. The number of hydrogen-bond acceptors (Lipinski definition) is 2. The van der Waals surface area contributed by atoms with Crippen molar-refractivity contribution in [3.8, 4) is 0 Å². The van der Waals surface area contributed by atoms with E-state index in [0.29, 0.717) is 0 Å². The van der Waals surface area contributed by atoms with Crippen molar-refractivity contribution in [1.29, 1.82) is 0 Å². The number of nitrogens with zero attached hydrogens (tertiary/aromatic N) is 2. The molecule has 2 rings (SSSR count). The summed E-state index contributed by atoms with van der Waals surface area (Å²) in [5.74, 6) is 0. The van der Waals surface area contributed by atoms with E-state index in [1.165, 1.54) is 33.5 Å². The van der Waals surface area contributed by atoms with Crippen LogP contribution in [0.15, 0.2) is 59.7 Å². The highest BCUT2D eigenvalue weighted by molar-refractivity contribution is 6.06. The van der Waals surface area contributed by atoms with E-state index in [1.54, 1.807) is 0 Å². The largest absolute Gasteiger partial charge is 0.370 e. The Morgan fingerprint density at radius 3 is 2.00 bits per heavy atom. The number of aryl methyl sites for hydroxylation is 3. The molecule has 0 radical (unpaired) electrons. The summed E-state index contributed by atoms with van der Waals surface area (Å²) in [4.78, 5) is 7.54. The number of hydrogen-bond donors (Lipinski definition) is 0. The van der Waals surface area contributed by atoms with Gasteiger partial charge < -0.3 is 4.90 Å². The highest BCUT2D eigenvalue weighted by Gasteiger charge is 2.17. The normalized spacial score (nSPS) is 12.6. The molecular weight excluding hydrogens is 364 g/mol. The van der Waals surface area contributed by atoms with Gasteiger partial charge in [0.25, 0.3) is 0 Å². The minimum absolute atomic E-state index is 0.839. The average molecular weight is 403 g/mol. The summed E-state index contributed by atoms with van der Waals surface area (Å²) in [6.45, 7) is 21.6.